The fraction of sp³-hybridized carbons (Fsp3) is 0.588. The van der Waals surface area contributed by atoms with E-state index in [1.807, 2.05) is 4.90 Å². The number of morpholine rings is 1. The number of guanidine groups is 1. The van der Waals surface area contributed by atoms with Gasteiger partial charge in [0.05, 0.1) is 30.8 Å². The lowest BCUT2D eigenvalue weighted by atomic mass is 10.2. The van der Waals surface area contributed by atoms with Gasteiger partial charge in [-0.05, 0) is 30.5 Å². The lowest BCUT2D eigenvalue weighted by Crippen LogP contribution is -2.44. The topological polar surface area (TPSA) is 106 Å². The molecule has 10 heteroatoms. The van der Waals surface area contributed by atoms with Crippen molar-refractivity contribution in [3.63, 3.8) is 0 Å². The number of rotatable bonds is 6. The molecule has 0 amide bonds. The number of halogens is 1. The first-order chi connectivity index (χ1) is 12.5. The highest BCUT2D eigenvalue weighted by Gasteiger charge is 2.20. The molecule has 2 aliphatic heterocycles. The second kappa shape index (κ2) is 10.6. The zero-order chi connectivity index (χ0) is 18.4. The van der Waals surface area contributed by atoms with Gasteiger partial charge in [0.1, 0.15) is 0 Å². The van der Waals surface area contributed by atoms with Crippen molar-refractivity contribution >= 4 is 40.0 Å². The number of nitrogens with zero attached hydrogens (tertiary/aromatic N) is 2. The van der Waals surface area contributed by atoms with E-state index in [1.54, 1.807) is 24.3 Å². The molecule has 3 N–H and O–H groups in total. The third-order valence-electron chi connectivity index (χ3n) is 4.52. The van der Waals surface area contributed by atoms with Crippen LogP contribution in [0.2, 0.25) is 0 Å². The SMILES string of the molecule is I.NC(=NCc1ccc(S(=O)(=O)NCC2CCCO2)cc1)N1CCOCC1. The van der Waals surface area contributed by atoms with Crippen molar-refractivity contribution in [3.8, 4) is 0 Å². The molecule has 0 bridgehead atoms. The van der Waals surface area contributed by atoms with Gasteiger partial charge in [-0.15, -0.1) is 24.0 Å². The van der Waals surface area contributed by atoms with Gasteiger partial charge in [-0.25, -0.2) is 18.1 Å². The van der Waals surface area contributed by atoms with Crippen LogP contribution in [-0.2, 0) is 26.0 Å². The van der Waals surface area contributed by atoms with Crippen molar-refractivity contribution in [1.82, 2.24) is 9.62 Å². The lowest BCUT2D eigenvalue weighted by molar-refractivity contribution is 0.0674. The number of hydrogen-bond acceptors (Lipinski definition) is 5. The average molecular weight is 510 g/mol. The third-order valence-corrected chi connectivity index (χ3v) is 5.96. The fourth-order valence-electron chi connectivity index (χ4n) is 2.93. The minimum Gasteiger partial charge on any atom is -0.378 e. The Labute approximate surface area is 177 Å². The quantitative estimate of drug-likeness (QED) is 0.335. The van der Waals surface area contributed by atoms with Gasteiger partial charge < -0.3 is 20.1 Å². The first-order valence-electron chi connectivity index (χ1n) is 8.87. The Morgan fingerprint density at radius 2 is 1.93 bits per heavy atom. The molecule has 1 aromatic carbocycles. The smallest absolute Gasteiger partial charge is 0.240 e. The molecule has 3 rings (SSSR count). The predicted molar refractivity (Wildman–Crippen MR) is 114 cm³/mol. The molecule has 2 fully saturated rings. The molecule has 2 aliphatic rings. The Bertz CT molecular complexity index is 715. The van der Waals surface area contributed by atoms with Crippen LogP contribution in [0.15, 0.2) is 34.2 Å². The Kier molecular flexibility index (Phi) is 8.73. The van der Waals surface area contributed by atoms with Crippen LogP contribution in [0.1, 0.15) is 18.4 Å². The van der Waals surface area contributed by atoms with Crippen LogP contribution in [0.25, 0.3) is 0 Å². The van der Waals surface area contributed by atoms with Crippen molar-refractivity contribution < 1.29 is 17.9 Å². The summed E-state index contributed by atoms with van der Waals surface area (Å²) in [5, 5.41) is 0. The summed E-state index contributed by atoms with van der Waals surface area (Å²) in [5.74, 6) is 0.489. The van der Waals surface area contributed by atoms with E-state index in [4.69, 9.17) is 15.2 Å². The summed E-state index contributed by atoms with van der Waals surface area (Å²) in [7, 11) is -3.53. The Morgan fingerprint density at radius 1 is 1.22 bits per heavy atom. The fourth-order valence-corrected chi connectivity index (χ4v) is 4.00. The summed E-state index contributed by atoms with van der Waals surface area (Å²) in [6.45, 7) is 4.21. The molecule has 0 radical (unpaired) electrons. The first-order valence-corrected chi connectivity index (χ1v) is 10.4. The maximum absolute atomic E-state index is 12.3. The van der Waals surface area contributed by atoms with Crippen molar-refractivity contribution in [2.45, 2.75) is 30.4 Å². The first kappa shape index (κ1) is 22.3. The van der Waals surface area contributed by atoms with Crippen LogP contribution in [0.5, 0.6) is 0 Å². The van der Waals surface area contributed by atoms with Gasteiger partial charge in [-0.2, -0.15) is 0 Å². The zero-order valence-corrected chi connectivity index (χ0v) is 18.3. The molecule has 1 unspecified atom stereocenters. The molecule has 152 valence electrons. The van der Waals surface area contributed by atoms with Gasteiger partial charge in [0.15, 0.2) is 5.96 Å². The highest BCUT2D eigenvalue weighted by atomic mass is 127. The number of sulfonamides is 1. The van der Waals surface area contributed by atoms with Gasteiger partial charge in [-0.3, -0.25) is 0 Å². The minimum atomic E-state index is -3.53. The molecule has 8 nitrogen and oxygen atoms in total. The van der Waals surface area contributed by atoms with Crippen LogP contribution in [-0.4, -0.2) is 64.8 Å². The predicted octanol–water partition coefficient (Wildman–Crippen LogP) is 0.909. The molecular formula is C17H27IN4O4S. The summed E-state index contributed by atoms with van der Waals surface area (Å²) in [4.78, 5) is 6.61. The van der Waals surface area contributed by atoms with Crippen LogP contribution < -0.4 is 10.5 Å². The Hall–Kier alpha value is -0.950. The van der Waals surface area contributed by atoms with Crippen LogP contribution in [0.3, 0.4) is 0 Å². The number of aliphatic imine (C=N–C) groups is 1. The molecule has 0 aliphatic carbocycles. The molecule has 0 saturated carbocycles. The van der Waals surface area contributed by atoms with Crippen molar-refractivity contribution in [3.05, 3.63) is 29.8 Å². The van der Waals surface area contributed by atoms with Crippen LogP contribution >= 0.6 is 24.0 Å². The lowest BCUT2D eigenvalue weighted by Gasteiger charge is -2.27. The largest absolute Gasteiger partial charge is 0.378 e. The van der Waals surface area contributed by atoms with Crippen LogP contribution in [0.4, 0.5) is 0 Å². The van der Waals surface area contributed by atoms with Gasteiger partial charge in [0.2, 0.25) is 10.0 Å². The summed E-state index contributed by atoms with van der Waals surface area (Å²) in [6.07, 6.45) is 1.85. The summed E-state index contributed by atoms with van der Waals surface area (Å²) in [5.41, 5.74) is 6.90. The van der Waals surface area contributed by atoms with Crippen LogP contribution in [0, 0.1) is 0 Å². The number of nitrogens with two attached hydrogens (primary N) is 1. The number of hydrogen-bond donors (Lipinski definition) is 2. The second-order valence-corrected chi connectivity index (χ2v) is 8.17. The van der Waals surface area contributed by atoms with E-state index in [9.17, 15) is 8.42 Å². The minimum absolute atomic E-state index is 0. The molecule has 27 heavy (non-hydrogen) atoms. The summed E-state index contributed by atoms with van der Waals surface area (Å²) in [6, 6.07) is 6.70. The van der Waals surface area contributed by atoms with E-state index in [-0.39, 0.29) is 35.0 Å². The number of nitrogens with one attached hydrogen (secondary N) is 1. The van der Waals surface area contributed by atoms with E-state index in [2.05, 4.69) is 9.71 Å². The van der Waals surface area contributed by atoms with Crippen molar-refractivity contribution in [2.24, 2.45) is 10.7 Å². The van der Waals surface area contributed by atoms with Crippen molar-refractivity contribution in [2.75, 3.05) is 39.5 Å². The van der Waals surface area contributed by atoms with Gasteiger partial charge in [-0.1, -0.05) is 12.1 Å². The maximum atomic E-state index is 12.3. The highest BCUT2D eigenvalue weighted by molar-refractivity contribution is 14.0. The van der Waals surface area contributed by atoms with Gasteiger partial charge in [0.25, 0.3) is 0 Å². The molecule has 1 aromatic rings. The second-order valence-electron chi connectivity index (χ2n) is 6.40. The standard InChI is InChI=1S/C17H26N4O4S.HI/c18-17(21-7-10-24-11-8-21)19-12-14-3-5-16(6-4-14)26(22,23)20-13-15-2-1-9-25-15;/h3-6,15,20H,1-2,7-13H2,(H2,18,19);1H. The molecule has 2 saturated heterocycles. The van der Waals surface area contributed by atoms with Crippen molar-refractivity contribution in [1.29, 1.82) is 0 Å². The normalized spacial score (nSPS) is 21.1. The summed E-state index contributed by atoms with van der Waals surface area (Å²) >= 11 is 0. The molecular weight excluding hydrogens is 483 g/mol. The summed E-state index contributed by atoms with van der Waals surface area (Å²) < 4.78 is 38.0. The molecule has 2 heterocycles. The Morgan fingerprint density at radius 3 is 2.56 bits per heavy atom. The van der Waals surface area contributed by atoms with E-state index in [0.29, 0.717) is 38.9 Å². The van der Waals surface area contributed by atoms with Gasteiger partial charge >= 0.3 is 0 Å². The monoisotopic (exact) mass is 510 g/mol. The average Bonchev–Trinajstić information content (AvgIpc) is 3.19. The Balaban J connectivity index is 0.00000261. The van der Waals surface area contributed by atoms with E-state index in [0.717, 1.165) is 31.5 Å². The van der Waals surface area contributed by atoms with E-state index >= 15 is 0 Å². The number of ether oxygens (including phenoxy) is 2. The highest BCUT2D eigenvalue weighted by Crippen LogP contribution is 2.14. The third kappa shape index (κ3) is 6.56. The zero-order valence-electron chi connectivity index (χ0n) is 15.2. The van der Waals surface area contributed by atoms with E-state index in [1.165, 1.54) is 0 Å². The maximum Gasteiger partial charge on any atom is 0.240 e. The molecule has 0 spiro atoms. The van der Waals surface area contributed by atoms with E-state index < -0.39 is 10.0 Å². The van der Waals surface area contributed by atoms with Gasteiger partial charge in [0, 0.05) is 26.2 Å². The number of benzene rings is 1. The molecule has 0 aromatic heterocycles. The molecule has 1 atom stereocenters.